The first-order chi connectivity index (χ1) is 9.75. The summed E-state index contributed by atoms with van der Waals surface area (Å²) in [4.78, 5) is 14.5. The molecule has 0 atom stereocenters. The number of carbonyl (C=O) groups is 1. The Morgan fingerprint density at radius 1 is 1.25 bits per heavy atom. The van der Waals surface area contributed by atoms with Crippen LogP contribution < -0.4 is 0 Å². The van der Waals surface area contributed by atoms with Crippen LogP contribution in [0.25, 0.3) is 10.9 Å². The fourth-order valence-electron chi connectivity index (χ4n) is 2.84. The molecule has 0 bridgehead atoms. The van der Waals surface area contributed by atoms with Crippen LogP contribution in [0, 0.1) is 0 Å². The van der Waals surface area contributed by atoms with Crippen molar-refractivity contribution in [2.45, 2.75) is 12.8 Å². The highest BCUT2D eigenvalue weighted by Gasteiger charge is 2.17. The third-order valence-electron chi connectivity index (χ3n) is 3.90. The third-order valence-corrected chi connectivity index (χ3v) is 4.94. The van der Waals surface area contributed by atoms with Gasteiger partial charge in [0.1, 0.15) is 0 Å². The Kier molecular flexibility index (Phi) is 4.01. The summed E-state index contributed by atoms with van der Waals surface area (Å²) in [6.07, 6.45) is 3.73. The van der Waals surface area contributed by atoms with Crippen LogP contribution in [-0.2, 0) is 18.3 Å². The number of thioether (sulfide) groups is 1. The molecule has 3 rings (SSSR count). The van der Waals surface area contributed by atoms with Gasteiger partial charge in [-0.05, 0) is 23.8 Å². The average molecular weight is 288 g/mol. The van der Waals surface area contributed by atoms with Gasteiger partial charge in [-0.2, -0.15) is 11.8 Å². The molecule has 1 aromatic heterocycles. The summed E-state index contributed by atoms with van der Waals surface area (Å²) in [5.74, 6) is 2.52. The van der Waals surface area contributed by atoms with E-state index in [-0.39, 0.29) is 5.91 Å². The van der Waals surface area contributed by atoms with Gasteiger partial charge in [0.25, 0.3) is 0 Å². The number of aryl methyl sites for hydroxylation is 1. The molecule has 0 saturated carbocycles. The molecule has 1 aromatic carbocycles. The second kappa shape index (κ2) is 5.92. The summed E-state index contributed by atoms with van der Waals surface area (Å²) in [6.45, 7) is 1.81. The lowest BCUT2D eigenvalue weighted by atomic mass is 10.1. The zero-order valence-electron chi connectivity index (χ0n) is 11.8. The molecule has 1 fully saturated rings. The minimum atomic E-state index is 0.267. The number of amides is 1. The number of hydrogen-bond acceptors (Lipinski definition) is 2. The lowest BCUT2D eigenvalue weighted by Crippen LogP contribution is -2.34. The number of rotatable bonds is 2. The maximum atomic E-state index is 12.5. The van der Waals surface area contributed by atoms with Crippen molar-refractivity contribution >= 4 is 28.6 Å². The van der Waals surface area contributed by atoms with Crippen molar-refractivity contribution in [1.82, 2.24) is 9.47 Å². The monoisotopic (exact) mass is 288 g/mol. The fraction of sp³-hybridized carbons (Fsp3) is 0.438. The molecular formula is C16H20N2OS. The largest absolute Gasteiger partial charge is 0.350 e. The second-order valence-electron chi connectivity index (χ2n) is 5.31. The van der Waals surface area contributed by atoms with Crippen LogP contribution in [-0.4, -0.2) is 40.0 Å². The van der Waals surface area contributed by atoms with E-state index in [1.54, 1.807) is 0 Å². The predicted octanol–water partition coefficient (Wildman–Crippen LogP) is 2.69. The third kappa shape index (κ3) is 2.70. The van der Waals surface area contributed by atoms with Crippen LogP contribution >= 0.6 is 11.8 Å². The van der Waals surface area contributed by atoms with Crippen LogP contribution in [0.5, 0.6) is 0 Å². The van der Waals surface area contributed by atoms with Crippen LogP contribution in [0.4, 0.5) is 0 Å². The van der Waals surface area contributed by atoms with E-state index in [1.165, 1.54) is 16.7 Å². The standard InChI is InChI=1S/C16H20N2OS/c1-17-12-13(14-5-2-3-6-15(14)17)11-16(19)18-7-4-9-20-10-8-18/h2-3,5-6,12H,4,7-11H2,1H3. The molecule has 3 nitrogen and oxygen atoms in total. The van der Waals surface area contributed by atoms with Gasteiger partial charge in [-0.1, -0.05) is 18.2 Å². The molecule has 1 saturated heterocycles. The number of para-hydroxylation sites is 1. The molecule has 2 heterocycles. The van der Waals surface area contributed by atoms with E-state index in [0.29, 0.717) is 6.42 Å². The Morgan fingerprint density at radius 3 is 3.00 bits per heavy atom. The molecule has 0 aliphatic carbocycles. The Labute approximate surface area is 123 Å². The van der Waals surface area contributed by atoms with Gasteiger partial charge in [-0.15, -0.1) is 0 Å². The van der Waals surface area contributed by atoms with Gasteiger partial charge in [0, 0.05) is 43.0 Å². The molecule has 1 aliphatic rings. The summed E-state index contributed by atoms with van der Waals surface area (Å²) in [5, 5.41) is 1.20. The first kappa shape index (κ1) is 13.6. The molecular weight excluding hydrogens is 268 g/mol. The van der Waals surface area contributed by atoms with E-state index in [2.05, 4.69) is 22.9 Å². The van der Waals surface area contributed by atoms with E-state index in [0.717, 1.165) is 30.8 Å². The summed E-state index contributed by atoms with van der Waals surface area (Å²) < 4.78 is 2.11. The molecule has 0 unspecified atom stereocenters. The van der Waals surface area contributed by atoms with Gasteiger partial charge in [0.15, 0.2) is 0 Å². The van der Waals surface area contributed by atoms with E-state index in [1.807, 2.05) is 35.8 Å². The van der Waals surface area contributed by atoms with Crippen LogP contribution in [0.1, 0.15) is 12.0 Å². The Hall–Kier alpha value is -1.42. The molecule has 20 heavy (non-hydrogen) atoms. The van der Waals surface area contributed by atoms with Crippen molar-refractivity contribution < 1.29 is 4.79 Å². The smallest absolute Gasteiger partial charge is 0.227 e. The number of hydrogen-bond donors (Lipinski definition) is 0. The molecule has 0 N–H and O–H groups in total. The van der Waals surface area contributed by atoms with Gasteiger partial charge in [-0.25, -0.2) is 0 Å². The molecule has 4 heteroatoms. The first-order valence-electron chi connectivity index (χ1n) is 7.14. The quantitative estimate of drug-likeness (QED) is 0.849. The summed E-state index contributed by atoms with van der Waals surface area (Å²) in [7, 11) is 2.04. The second-order valence-corrected chi connectivity index (χ2v) is 6.53. The highest BCUT2D eigenvalue weighted by Crippen LogP contribution is 2.21. The molecule has 106 valence electrons. The number of nitrogens with zero attached hydrogens (tertiary/aromatic N) is 2. The SMILES string of the molecule is Cn1cc(CC(=O)N2CCCSCC2)c2ccccc21. The van der Waals surface area contributed by atoms with Crippen LogP contribution in [0.3, 0.4) is 0 Å². The van der Waals surface area contributed by atoms with Crippen molar-refractivity contribution in [3.05, 3.63) is 36.0 Å². The van der Waals surface area contributed by atoms with E-state index in [4.69, 9.17) is 0 Å². The zero-order valence-corrected chi connectivity index (χ0v) is 12.7. The molecule has 0 spiro atoms. The first-order valence-corrected chi connectivity index (χ1v) is 8.29. The summed E-state index contributed by atoms with van der Waals surface area (Å²) in [5.41, 5.74) is 2.34. The summed E-state index contributed by atoms with van der Waals surface area (Å²) in [6, 6.07) is 8.29. The van der Waals surface area contributed by atoms with Gasteiger partial charge < -0.3 is 9.47 Å². The maximum absolute atomic E-state index is 12.5. The van der Waals surface area contributed by atoms with Gasteiger partial charge in [-0.3, -0.25) is 4.79 Å². The topological polar surface area (TPSA) is 25.2 Å². The maximum Gasteiger partial charge on any atom is 0.227 e. The molecule has 0 radical (unpaired) electrons. The Bertz CT molecular complexity index is 612. The normalized spacial score (nSPS) is 16.4. The van der Waals surface area contributed by atoms with Gasteiger partial charge in [0.2, 0.25) is 5.91 Å². The van der Waals surface area contributed by atoms with Gasteiger partial charge in [0.05, 0.1) is 6.42 Å². The van der Waals surface area contributed by atoms with E-state index in [9.17, 15) is 4.79 Å². The van der Waals surface area contributed by atoms with Crippen molar-refractivity contribution in [1.29, 1.82) is 0 Å². The molecule has 1 aliphatic heterocycles. The lowest BCUT2D eigenvalue weighted by Gasteiger charge is -2.19. The Morgan fingerprint density at radius 2 is 2.10 bits per heavy atom. The van der Waals surface area contributed by atoms with Crippen molar-refractivity contribution in [2.75, 3.05) is 24.6 Å². The van der Waals surface area contributed by atoms with Crippen molar-refractivity contribution in [3.63, 3.8) is 0 Å². The lowest BCUT2D eigenvalue weighted by molar-refractivity contribution is -0.130. The number of benzene rings is 1. The van der Waals surface area contributed by atoms with Gasteiger partial charge >= 0.3 is 0 Å². The summed E-state index contributed by atoms with van der Waals surface area (Å²) >= 11 is 1.95. The van der Waals surface area contributed by atoms with E-state index >= 15 is 0 Å². The average Bonchev–Trinajstić information content (AvgIpc) is 2.67. The fourth-order valence-corrected chi connectivity index (χ4v) is 3.72. The van der Waals surface area contributed by atoms with E-state index < -0.39 is 0 Å². The Balaban J connectivity index is 1.80. The number of carbonyl (C=O) groups excluding carboxylic acids is 1. The van der Waals surface area contributed by atoms with Crippen LogP contribution in [0.2, 0.25) is 0 Å². The van der Waals surface area contributed by atoms with Crippen molar-refractivity contribution in [2.24, 2.45) is 7.05 Å². The number of fused-ring (bicyclic) bond motifs is 1. The number of aromatic nitrogens is 1. The highest BCUT2D eigenvalue weighted by molar-refractivity contribution is 7.99. The minimum absolute atomic E-state index is 0.267. The van der Waals surface area contributed by atoms with Crippen LogP contribution in [0.15, 0.2) is 30.5 Å². The van der Waals surface area contributed by atoms with Crippen molar-refractivity contribution in [3.8, 4) is 0 Å². The predicted molar refractivity (Wildman–Crippen MR) is 85.1 cm³/mol. The molecule has 2 aromatic rings. The zero-order chi connectivity index (χ0) is 13.9. The minimum Gasteiger partial charge on any atom is -0.350 e. The highest BCUT2D eigenvalue weighted by atomic mass is 32.2. The molecule has 1 amide bonds.